The zero-order valence-corrected chi connectivity index (χ0v) is 19.1. The first kappa shape index (κ1) is 23.1. The van der Waals surface area contributed by atoms with Gasteiger partial charge in [-0.3, -0.25) is 4.98 Å². The number of hydrogen-bond donors (Lipinski definition) is 2. The molecule has 12 heteroatoms. The van der Waals surface area contributed by atoms with Crippen LogP contribution in [0.1, 0.15) is 66.6 Å². The lowest BCUT2D eigenvalue weighted by Crippen LogP contribution is -2.19. The van der Waals surface area contributed by atoms with Crippen molar-refractivity contribution < 1.29 is 27.3 Å². The largest absolute Gasteiger partial charge is 0.439 e. The molecule has 2 amide bonds. The average Bonchev–Trinajstić information content (AvgIpc) is 3.15. The van der Waals surface area contributed by atoms with Crippen LogP contribution >= 0.6 is 11.3 Å². The van der Waals surface area contributed by atoms with Crippen LogP contribution in [0.3, 0.4) is 0 Å². The van der Waals surface area contributed by atoms with E-state index in [9.17, 15) is 27.3 Å². The van der Waals surface area contributed by atoms with Gasteiger partial charge in [-0.25, -0.2) is 9.78 Å². The molecule has 1 fully saturated rings. The van der Waals surface area contributed by atoms with E-state index in [0.717, 1.165) is 36.2 Å². The number of pyridine rings is 1. The number of amides is 2. The van der Waals surface area contributed by atoms with E-state index >= 15 is 0 Å². The fraction of sp³-hybridized carbons (Fsp3) is 0.550. The van der Waals surface area contributed by atoms with Crippen molar-refractivity contribution in [3.8, 4) is 0 Å². The zero-order chi connectivity index (χ0) is 23.3. The minimum absolute atomic E-state index is 0.0469. The van der Waals surface area contributed by atoms with Crippen LogP contribution in [0.2, 0.25) is 0 Å². The van der Waals surface area contributed by atoms with Gasteiger partial charge >= 0.3 is 12.2 Å². The van der Waals surface area contributed by atoms with E-state index in [1.807, 2.05) is 0 Å². The molecule has 0 aliphatic heterocycles. The Morgan fingerprint density at radius 3 is 2.66 bits per heavy atom. The molecule has 1 saturated carbocycles. The Kier molecular flexibility index (Phi) is 6.05. The molecule has 0 spiro atoms. The molecule has 2 aliphatic rings. The lowest BCUT2D eigenvalue weighted by atomic mass is 9.99. The van der Waals surface area contributed by atoms with Gasteiger partial charge in [0.25, 0.3) is 0 Å². The first-order chi connectivity index (χ1) is 14.9. The summed E-state index contributed by atoms with van der Waals surface area (Å²) in [5.74, 6) is -0.0811. The van der Waals surface area contributed by atoms with E-state index in [-0.39, 0.29) is 15.8 Å². The molecule has 0 unspecified atom stereocenters. The summed E-state index contributed by atoms with van der Waals surface area (Å²) in [6, 6.07) is -0.901. The lowest BCUT2D eigenvalue weighted by molar-refractivity contribution is -0.128. The van der Waals surface area contributed by atoms with Gasteiger partial charge in [-0.15, -0.1) is 21.9 Å². The molecule has 2 heterocycles. The van der Waals surface area contributed by atoms with Gasteiger partial charge in [0.1, 0.15) is 10.6 Å². The predicted molar refractivity (Wildman–Crippen MR) is 113 cm³/mol. The van der Waals surface area contributed by atoms with Crippen LogP contribution in [0.15, 0.2) is 14.8 Å². The quantitative estimate of drug-likeness (QED) is 0.579. The number of fused-ring (bicyclic) bond motifs is 1. The highest BCUT2D eigenvalue weighted by Crippen LogP contribution is 2.48. The summed E-state index contributed by atoms with van der Waals surface area (Å²) < 4.78 is 55.9. The number of rotatable bonds is 5. The molecule has 7 nitrogen and oxygen atoms in total. The Balaban J connectivity index is 1.66. The van der Waals surface area contributed by atoms with Crippen LogP contribution in [0.25, 0.3) is 0 Å². The van der Waals surface area contributed by atoms with Crippen molar-refractivity contribution in [2.75, 3.05) is 5.32 Å². The highest BCUT2D eigenvalue weighted by Gasteiger charge is 2.38. The fourth-order valence-corrected chi connectivity index (χ4v) is 5.52. The Morgan fingerprint density at radius 1 is 1.34 bits per heavy atom. The number of thiazole rings is 1. The monoisotopic (exact) mass is 487 g/mol. The molecule has 2 aromatic heterocycles. The number of aryl methyl sites for hydroxylation is 1. The van der Waals surface area contributed by atoms with Gasteiger partial charge in [0.05, 0.1) is 17.8 Å². The highest BCUT2D eigenvalue weighted by atomic mass is 32.2. The van der Waals surface area contributed by atoms with E-state index < -0.39 is 34.8 Å². The van der Waals surface area contributed by atoms with Gasteiger partial charge in [0.2, 0.25) is 0 Å². The maximum Gasteiger partial charge on any atom is 0.394 e. The van der Waals surface area contributed by atoms with Crippen LogP contribution < -0.4 is 5.32 Å². The number of urea groups is 1. The van der Waals surface area contributed by atoms with Crippen LogP contribution in [-0.4, -0.2) is 27.3 Å². The van der Waals surface area contributed by atoms with Crippen molar-refractivity contribution in [2.24, 2.45) is 4.36 Å². The molecule has 0 atom stereocenters. The molecule has 32 heavy (non-hydrogen) atoms. The number of nitrogens with one attached hydrogen (secondary N) is 1. The summed E-state index contributed by atoms with van der Waals surface area (Å²) in [6.45, 7) is 3.06. The molecular weight excluding hydrogens is 465 g/mol. The number of nitrogens with zero attached hydrogens (tertiary/aromatic N) is 3. The number of carbonyl (C=O) groups excluding carboxylic acids is 1. The van der Waals surface area contributed by atoms with Gasteiger partial charge in [-0.2, -0.15) is 13.2 Å². The van der Waals surface area contributed by atoms with Crippen molar-refractivity contribution in [2.45, 2.75) is 74.3 Å². The van der Waals surface area contributed by atoms with Crippen molar-refractivity contribution in [1.29, 1.82) is 0 Å². The molecule has 2 aromatic rings. The van der Waals surface area contributed by atoms with Gasteiger partial charge in [-0.1, -0.05) is 0 Å². The Labute approximate surface area is 188 Å². The summed E-state index contributed by atoms with van der Waals surface area (Å²) >= 11 is 0.973. The second-order valence-electron chi connectivity index (χ2n) is 8.51. The second-order valence-corrected chi connectivity index (χ2v) is 10.9. The first-order valence-electron chi connectivity index (χ1n) is 10.2. The third kappa shape index (κ3) is 5.12. The summed E-state index contributed by atoms with van der Waals surface area (Å²) in [5, 5.41) is 13.0. The van der Waals surface area contributed by atoms with E-state index in [1.165, 1.54) is 20.0 Å². The fourth-order valence-electron chi connectivity index (χ4n) is 3.80. The summed E-state index contributed by atoms with van der Waals surface area (Å²) in [6.07, 6.45) is -0.912. The van der Waals surface area contributed by atoms with Crippen LogP contribution in [0, 0.1) is 0 Å². The number of aromatic nitrogens is 2. The van der Waals surface area contributed by atoms with Gasteiger partial charge < -0.3 is 19.0 Å². The van der Waals surface area contributed by atoms with E-state index in [1.54, 1.807) is 0 Å². The first-order valence-corrected chi connectivity index (χ1v) is 12.1. The average molecular weight is 488 g/mol. The van der Waals surface area contributed by atoms with Crippen molar-refractivity contribution in [3.63, 3.8) is 0 Å². The summed E-state index contributed by atoms with van der Waals surface area (Å²) in [5.41, 5.74) is 0.827. The van der Waals surface area contributed by atoms with E-state index in [4.69, 9.17) is 0 Å². The summed E-state index contributed by atoms with van der Waals surface area (Å²) in [4.78, 5) is 20.9. The van der Waals surface area contributed by atoms with Crippen LogP contribution in [0.5, 0.6) is 0 Å². The molecule has 0 saturated heterocycles. The van der Waals surface area contributed by atoms with Crippen molar-refractivity contribution >= 4 is 33.7 Å². The van der Waals surface area contributed by atoms with Crippen molar-refractivity contribution in [3.05, 3.63) is 33.7 Å². The Morgan fingerprint density at radius 2 is 2.06 bits per heavy atom. The van der Waals surface area contributed by atoms with Crippen LogP contribution in [-0.2, 0) is 39.7 Å². The molecule has 0 aromatic carbocycles. The third-order valence-electron chi connectivity index (χ3n) is 5.27. The van der Waals surface area contributed by atoms with Gasteiger partial charge in [0, 0.05) is 17.5 Å². The van der Waals surface area contributed by atoms with E-state index in [2.05, 4.69) is 19.6 Å². The number of hydrogen-bond acceptors (Lipinski definition) is 7. The minimum atomic E-state index is -4.42. The third-order valence-corrected chi connectivity index (χ3v) is 7.84. The second kappa shape index (κ2) is 8.38. The lowest BCUT2D eigenvalue weighted by Gasteiger charge is -2.19. The minimum Gasteiger partial charge on any atom is -0.439 e. The SMILES string of the molecule is CC(C)(O)c1ncc([S-](=O)=NC(=O)Nc2c3c(nc(CC(F)(F)F)c2C2CC2)CCC3)s1. The molecule has 0 radical (unpaired) electrons. The molecule has 4 rings (SSSR count). The van der Waals surface area contributed by atoms with Gasteiger partial charge in [0.15, 0.2) is 0 Å². The molecule has 2 N–H and O–H groups in total. The number of halogens is 3. The topological polar surface area (TPSA) is 105 Å². The molecule has 2 aliphatic carbocycles. The number of carbonyl (C=O) groups is 1. The van der Waals surface area contributed by atoms with Crippen molar-refractivity contribution in [1.82, 2.24) is 9.97 Å². The highest BCUT2D eigenvalue weighted by molar-refractivity contribution is 7.78. The standard InChI is InChI=1S/C20H22F3N4O3S2/c1-19(2,29)17-24-9-14(31-17)32(30)27-18(28)26-16-11-4-3-5-12(11)25-13(8-20(21,22)23)15(16)10-6-7-10/h9-10,29H,3-8H2,1-2H3,(H,25,26,28)/q-1. The maximum atomic E-state index is 13.2. The smallest absolute Gasteiger partial charge is 0.394 e. The normalized spacial score (nSPS) is 17.4. The summed E-state index contributed by atoms with van der Waals surface area (Å²) in [7, 11) is -2.06. The van der Waals surface area contributed by atoms with Crippen LogP contribution in [0.4, 0.5) is 23.7 Å². The van der Waals surface area contributed by atoms with Gasteiger partial charge in [-0.05, 0) is 61.6 Å². The Bertz CT molecular complexity index is 1140. The zero-order valence-electron chi connectivity index (χ0n) is 17.5. The molecule has 174 valence electrons. The number of alkyl halides is 3. The Hall–Kier alpha value is -2.05. The molecular formula is C20H22F3N4O3S2-. The number of aliphatic hydroxyl groups is 1. The number of anilines is 1. The van der Waals surface area contributed by atoms with E-state index in [0.29, 0.717) is 34.8 Å². The maximum absolute atomic E-state index is 13.2. The molecule has 0 bridgehead atoms. The predicted octanol–water partition coefficient (Wildman–Crippen LogP) is 4.97.